The monoisotopic (exact) mass is 1970 g/mol. The topological polar surface area (TPSA) is 345 Å². The van der Waals surface area contributed by atoms with Gasteiger partial charge in [-0.1, -0.05) is 163 Å². The molecule has 0 spiro atoms. The van der Waals surface area contributed by atoms with E-state index in [2.05, 4.69) is 157 Å². The summed E-state index contributed by atoms with van der Waals surface area (Å²) in [4.78, 5) is 82.7. The van der Waals surface area contributed by atoms with Gasteiger partial charge in [0.25, 0.3) is 29.5 Å². The molecule has 0 bridgehead atoms. The third-order valence-corrected chi connectivity index (χ3v) is 23.9. The number of pyridine rings is 2. The van der Waals surface area contributed by atoms with E-state index in [1.165, 1.54) is 21.4 Å². The van der Waals surface area contributed by atoms with Gasteiger partial charge in [0.1, 0.15) is 28.5 Å². The zero-order valence-electron chi connectivity index (χ0n) is 85.3. The Bertz CT molecular complexity index is 8270. The number of amides is 5. The quantitative estimate of drug-likeness (QED) is 0.0205. The van der Waals surface area contributed by atoms with E-state index in [4.69, 9.17) is 4.98 Å². The van der Waals surface area contributed by atoms with Crippen molar-refractivity contribution in [1.29, 1.82) is 0 Å². The summed E-state index contributed by atoms with van der Waals surface area (Å²) in [7, 11) is 10.5. The third-order valence-electron chi connectivity index (χ3n) is 23.9. The van der Waals surface area contributed by atoms with Crippen molar-refractivity contribution in [2.24, 2.45) is 62.7 Å². The molecule has 742 valence electrons. The lowest BCUT2D eigenvalue weighted by Crippen LogP contribution is -2.16. The molecule has 0 aliphatic heterocycles. The van der Waals surface area contributed by atoms with Crippen LogP contribution in [0.3, 0.4) is 0 Å². The number of benzene rings is 11. The second-order valence-electron chi connectivity index (χ2n) is 34.8. The molecule has 0 unspecified atom stereocenters. The molecule has 0 saturated heterocycles. The second-order valence-corrected chi connectivity index (χ2v) is 34.8. The highest BCUT2D eigenvalue weighted by atomic mass is 16.2. The second kappa shape index (κ2) is 50.8. The van der Waals surface area contributed by atoms with E-state index in [0.29, 0.717) is 52.0 Å². The Morgan fingerprint density at radius 3 is 1.28 bits per heavy atom. The van der Waals surface area contributed by atoms with E-state index in [1.54, 1.807) is 138 Å². The molecule has 0 fully saturated rings. The molecule has 0 aliphatic carbocycles. The number of fused-ring (bicyclic) bond motifs is 1. The maximum Gasteiger partial charge on any atom is 0.273 e. The van der Waals surface area contributed by atoms with Crippen LogP contribution in [0, 0.1) is 86.0 Å². The van der Waals surface area contributed by atoms with Crippen LogP contribution in [0.5, 0.6) is 0 Å². The van der Waals surface area contributed by atoms with Crippen molar-refractivity contribution in [1.82, 2.24) is 68.7 Å². The molecule has 29 nitrogen and oxygen atoms in total. The lowest BCUT2D eigenvalue weighted by atomic mass is 10.0. The SMILES string of the molecule is Cc1cc(C#Cc2ccccc2)ccc1NC(=O)c1ccnn1C.Cc1cc(N=Nc2ncccc2C)ccc1NC(=O)c1ccnn1C.Cc1ccccc1-c1ccc2cc(NC(=O)c3ccnn3C)ccc2n1.Cc1ccccc1/C=C/c1ccc(NC(=O)c2ccnn2C)cc1.Cc1ccccc1C#Cc1ccc(NC(=O)c2ccnn2C)c(C)c1.Cc1ccccc1N=Nc1ccc(C(=O)Cc2ccnn2C)c(C)c1. The summed E-state index contributed by atoms with van der Waals surface area (Å²) in [5.41, 5.74) is 28.6. The summed E-state index contributed by atoms with van der Waals surface area (Å²) < 4.78 is 9.44. The number of anilines is 5. The van der Waals surface area contributed by atoms with Gasteiger partial charge in [0.05, 0.1) is 34.7 Å². The number of hydrogen-bond acceptors (Lipinski definition) is 18. The first kappa shape index (κ1) is 105. The first-order chi connectivity index (χ1) is 72.0. The summed E-state index contributed by atoms with van der Waals surface area (Å²) in [5, 5.41) is 56.6. The number of carbonyl (C=O) groups excluding carboxylic acids is 6. The van der Waals surface area contributed by atoms with Gasteiger partial charge in [0, 0.05) is 159 Å². The van der Waals surface area contributed by atoms with Gasteiger partial charge >= 0.3 is 0 Å². The molecular weight excluding hydrogens is 1860 g/mol. The fraction of sp³-hybridized carbons (Fsp3) is 0.133. The number of hydrogen-bond donors (Lipinski definition) is 5. The molecule has 149 heavy (non-hydrogen) atoms. The summed E-state index contributed by atoms with van der Waals surface area (Å²) in [6, 6.07) is 96.3. The molecule has 8 aromatic heterocycles. The minimum Gasteiger partial charge on any atom is -0.321 e. The van der Waals surface area contributed by atoms with Crippen molar-refractivity contribution in [3.63, 3.8) is 0 Å². The molecule has 0 saturated carbocycles. The molecule has 0 radical (unpaired) electrons. The van der Waals surface area contributed by atoms with Gasteiger partial charge in [0.2, 0.25) is 0 Å². The molecule has 11 aromatic carbocycles. The number of aryl methyl sites for hydroxylation is 15. The van der Waals surface area contributed by atoms with Crippen molar-refractivity contribution >= 4 is 110 Å². The number of Topliss-reactive ketones (excluding diaryl/α,β-unsaturated/α-hetero) is 1. The van der Waals surface area contributed by atoms with Crippen molar-refractivity contribution in [3.05, 3.63) is 470 Å². The van der Waals surface area contributed by atoms with Crippen LogP contribution in [0.1, 0.15) is 152 Å². The average molecular weight is 1970 g/mol. The van der Waals surface area contributed by atoms with E-state index in [0.717, 1.165) is 134 Å². The highest BCUT2D eigenvalue weighted by Crippen LogP contribution is 2.31. The lowest BCUT2D eigenvalue weighted by Gasteiger charge is -2.09. The predicted octanol–water partition coefficient (Wildman–Crippen LogP) is 24.4. The molecule has 8 heterocycles. The molecule has 19 rings (SSSR count). The lowest BCUT2D eigenvalue weighted by molar-refractivity contribution is 0.0984. The summed E-state index contributed by atoms with van der Waals surface area (Å²) in [6.45, 7) is 17.9. The van der Waals surface area contributed by atoms with Gasteiger partial charge in [-0.15, -0.1) is 10.2 Å². The van der Waals surface area contributed by atoms with Crippen molar-refractivity contribution in [2.45, 2.75) is 68.7 Å². The summed E-state index contributed by atoms with van der Waals surface area (Å²) >= 11 is 0. The van der Waals surface area contributed by atoms with E-state index >= 15 is 0 Å². The van der Waals surface area contributed by atoms with E-state index in [-0.39, 0.29) is 35.3 Å². The number of carbonyl (C=O) groups is 6. The van der Waals surface area contributed by atoms with Gasteiger partial charge in [0.15, 0.2) is 11.6 Å². The Hall–Kier alpha value is -19.7. The highest BCUT2D eigenvalue weighted by molar-refractivity contribution is 6.07. The first-order valence-corrected chi connectivity index (χ1v) is 47.7. The number of rotatable bonds is 20. The Labute approximate surface area is 864 Å². The highest BCUT2D eigenvalue weighted by Gasteiger charge is 2.20. The standard InChI is InChI=1S/C21H18N4O.C21H19N3O.C20H20N4O.C20H19N3O.C20H17N3O.C18H18N6O/c1-14-5-3-4-6-17(14)19-9-7-15-13-16(8-10-18(15)24-19)23-21(26)20-11-12-22-25(20)2;1-15-6-4-5-7-18(15)10-8-17-9-11-19(16(2)14-17)23-21(25)20-12-13-22-24(20)3;1-14-6-4-5-7-19(14)23-22-16-8-9-18(15(2)12-16)20(25)13-17-10-11-21-24(17)3;1-15-5-3-4-6-17(15)10-7-16-8-11-18(12-9-16)22-20(24)19-13-14-21-23(19)2;1-15-14-17(9-8-16-6-4-3-5-7-16)10-11-18(15)22-20(24)19-12-13-21-23(19)2;1-12-5-4-9-19-17(12)23-22-14-6-7-15(13(2)11-14)21-18(25)16-8-10-20-24(16)3/h3-13H,1-2H3,(H,23,26);4-7,9,11-14H,1-3H3,(H,23,25);4-12H,13H2,1-3H3;3-14H,1-2H3,(H,22,24);3-7,10-14H,1-2H3,(H,22,24);4-11H,1-3H3,(H,21,25)/b;;;10-7+;;. The number of nitrogens with zero attached hydrogens (tertiary/aromatic N) is 18. The number of azo groups is 2. The molecule has 29 heteroatoms. The fourth-order valence-corrected chi connectivity index (χ4v) is 15.2. The number of ketones is 1. The maximum absolute atomic E-state index is 12.5. The van der Waals surface area contributed by atoms with Crippen molar-refractivity contribution in [2.75, 3.05) is 26.6 Å². The number of aromatic nitrogens is 14. The molecular formula is C120H111N23O6. The Morgan fingerprint density at radius 1 is 0.315 bits per heavy atom. The Morgan fingerprint density at radius 2 is 0.765 bits per heavy atom. The van der Waals surface area contributed by atoms with Gasteiger partial charge in [-0.2, -0.15) is 40.8 Å². The average Bonchev–Trinajstić information content (AvgIpc) is 1.22. The molecule has 19 aromatic rings. The van der Waals surface area contributed by atoms with Crippen LogP contribution >= 0.6 is 0 Å². The van der Waals surface area contributed by atoms with E-state index < -0.39 is 0 Å². The van der Waals surface area contributed by atoms with Gasteiger partial charge < -0.3 is 26.6 Å². The van der Waals surface area contributed by atoms with Gasteiger partial charge in [-0.25, -0.2) is 9.97 Å². The van der Waals surface area contributed by atoms with Crippen LogP contribution in [0.2, 0.25) is 0 Å². The molecule has 5 amide bonds. The fourth-order valence-electron chi connectivity index (χ4n) is 15.2. The van der Waals surface area contributed by atoms with Crippen LogP contribution in [0.25, 0.3) is 34.3 Å². The Balaban J connectivity index is 0.000000141. The van der Waals surface area contributed by atoms with Gasteiger partial charge in [-0.3, -0.25) is 56.9 Å². The summed E-state index contributed by atoms with van der Waals surface area (Å²) in [6.07, 6.45) is 15.9. The van der Waals surface area contributed by atoms with Crippen LogP contribution < -0.4 is 26.6 Å². The first-order valence-electron chi connectivity index (χ1n) is 47.7. The van der Waals surface area contributed by atoms with Crippen molar-refractivity contribution < 1.29 is 28.8 Å². The largest absolute Gasteiger partial charge is 0.321 e. The molecule has 0 aliphatic rings. The van der Waals surface area contributed by atoms with Crippen LogP contribution in [-0.2, 0) is 48.7 Å². The third kappa shape index (κ3) is 29.3. The van der Waals surface area contributed by atoms with Crippen LogP contribution in [0.4, 0.5) is 51.3 Å². The van der Waals surface area contributed by atoms with Crippen LogP contribution in [0.15, 0.2) is 367 Å². The molecule has 0 atom stereocenters. The smallest absolute Gasteiger partial charge is 0.273 e. The maximum atomic E-state index is 12.5. The minimum absolute atomic E-state index is 0.0727. The van der Waals surface area contributed by atoms with Crippen LogP contribution in [-0.4, -0.2) is 104 Å². The van der Waals surface area contributed by atoms with E-state index in [9.17, 15) is 28.8 Å². The predicted molar refractivity (Wildman–Crippen MR) is 588 cm³/mol. The van der Waals surface area contributed by atoms with Gasteiger partial charge in [-0.05, 0) is 299 Å². The van der Waals surface area contributed by atoms with Crippen molar-refractivity contribution in [3.8, 4) is 34.9 Å². The zero-order chi connectivity index (χ0) is 105. The minimum atomic E-state index is -0.207. The zero-order valence-corrected chi connectivity index (χ0v) is 85.3. The van der Waals surface area contributed by atoms with E-state index in [1.807, 2.05) is 298 Å². The number of nitrogens with one attached hydrogen (secondary N) is 5. The Kier molecular flexibility index (Phi) is 35.9. The summed E-state index contributed by atoms with van der Waals surface area (Å²) in [5.74, 6) is 12.4. The molecule has 5 N–H and O–H groups in total. The normalized spacial score (nSPS) is 10.7.